The zero-order valence-electron chi connectivity index (χ0n) is 12.0. The molecule has 1 aliphatic heterocycles. The largest absolute Gasteiger partial charge is 0.506 e. The summed E-state index contributed by atoms with van der Waals surface area (Å²) in [6, 6.07) is 4.02. The molecule has 1 aromatic carbocycles. The Bertz CT molecular complexity index is 596. The van der Waals surface area contributed by atoms with Crippen molar-refractivity contribution in [2.24, 2.45) is 5.41 Å². The second-order valence-corrected chi connectivity index (χ2v) is 7.47. The van der Waals surface area contributed by atoms with Gasteiger partial charge in [-0.3, -0.25) is 13.8 Å². The van der Waals surface area contributed by atoms with E-state index in [4.69, 9.17) is 0 Å². The van der Waals surface area contributed by atoms with Crippen molar-refractivity contribution in [2.75, 3.05) is 10.8 Å². The predicted molar refractivity (Wildman–Crippen MR) is 84.1 cm³/mol. The molecule has 1 heterocycles. The maximum Gasteiger partial charge on any atom is 0.251 e. The van der Waals surface area contributed by atoms with Crippen LogP contribution in [0.3, 0.4) is 0 Å². The molecular weight excluding hydrogens is 284 g/mol. The van der Waals surface area contributed by atoms with Gasteiger partial charge < -0.3 is 5.11 Å². The van der Waals surface area contributed by atoms with Crippen molar-refractivity contribution in [3.05, 3.63) is 23.3 Å². The molecule has 1 spiro atoms. The quantitative estimate of drug-likeness (QED) is 0.783. The molecular formula is C16H20N2O2S. The number of nitrogens with one attached hydrogen (secondary N) is 1. The molecule has 2 aliphatic carbocycles. The van der Waals surface area contributed by atoms with Crippen LogP contribution in [0, 0.1) is 5.41 Å². The molecule has 2 N–H and O–H groups in total. The second kappa shape index (κ2) is 4.83. The van der Waals surface area contributed by atoms with Gasteiger partial charge in [0.05, 0.1) is 17.8 Å². The molecule has 21 heavy (non-hydrogen) atoms. The number of anilines is 1. The smallest absolute Gasteiger partial charge is 0.251 e. The van der Waals surface area contributed by atoms with Gasteiger partial charge in [-0.25, -0.2) is 0 Å². The molecule has 4 rings (SSSR count). The Morgan fingerprint density at radius 2 is 2.00 bits per heavy atom. The van der Waals surface area contributed by atoms with E-state index in [0.29, 0.717) is 17.7 Å². The minimum Gasteiger partial charge on any atom is -0.506 e. The summed E-state index contributed by atoms with van der Waals surface area (Å²) in [5.74, 6) is 0.282. The fourth-order valence-corrected chi connectivity index (χ4v) is 4.84. The van der Waals surface area contributed by atoms with E-state index in [1.165, 1.54) is 55.4 Å². The van der Waals surface area contributed by atoms with Gasteiger partial charge in [0, 0.05) is 0 Å². The zero-order chi connectivity index (χ0) is 14.4. The van der Waals surface area contributed by atoms with Crippen LogP contribution in [-0.4, -0.2) is 17.6 Å². The number of fused-ring (bicyclic) bond motifs is 1. The molecule has 1 saturated carbocycles. The summed E-state index contributed by atoms with van der Waals surface area (Å²) in [5.41, 5.74) is 3.94. The van der Waals surface area contributed by atoms with Crippen LogP contribution in [0.5, 0.6) is 5.75 Å². The highest BCUT2D eigenvalue weighted by atomic mass is 32.2. The van der Waals surface area contributed by atoms with Crippen LogP contribution in [0.25, 0.3) is 0 Å². The first kappa shape index (κ1) is 13.3. The molecule has 112 valence electrons. The van der Waals surface area contributed by atoms with E-state index >= 15 is 0 Å². The fourth-order valence-electron chi connectivity index (χ4n) is 4.14. The van der Waals surface area contributed by atoms with Gasteiger partial charge in [0.15, 0.2) is 0 Å². The maximum atomic E-state index is 11.4. The molecule has 0 radical (unpaired) electrons. The van der Waals surface area contributed by atoms with Crippen LogP contribution >= 0.6 is 12.1 Å². The summed E-state index contributed by atoms with van der Waals surface area (Å²) in [7, 11) is 0. The third-order valence-corrected chi connectivity index (χ3v) is 6.14. The van der Waals surface area contributed by atoms with E-state index in [-0.39, 0.29) is 5.91 Å². The Morgan fingerprint density at radius 3 is 2.71 bits per heavy atom. The number of aryl methyl sites for hydroxylation is 1. The molecule has 0 bridgehead atoms. The first-order valence-electron chi connectivity index (χ1n) is 7.73. The summed E-state index contributed by atoms with van der Waals surface area (Å²) >= 11 is 1.27. The van der Waals surface area contributed by atoms with Crippen molar-refractivity contribution < 1.29 is 9.90 Å². The van der Waals surface area contributed by atoms with Gasteiger partial charge in [-0.1, -0.05) is 12.8 Å². The number of amides is 1. The lowest BCUT2D eigenvalue weighted by atomic mass is 9.70. The molecule has 1 amide bonds. The van der Waals surface area contributed by atoms with E-state index in [1.54, 1.807) is 0 Å². The molecule has 3 aliphatic rings. The van der Waals surface area contributed by atoms with Gasteiger partial charge in [0.1, 0.15) is 12.3 Å². The Balaban J connectivity index is 1.67. The number of rotatable bonds is 1. The lowest BCUT2D eigenvalue weighted by Gasteiger charge is -2.35. The molecule has 1 saturated heterocycles. The number of carbonyl (C=O) groups is 1. The highest BCUT2D eigenvalue weighted by Crippen LogP contribution is 2.49. The summed E-state index contributed by atoms with van der Waals surface area (Å²) < 4.78 is 4.56. The Labute approximate surface area is 129 Å². The van der Waals surface area contributed by atoms with E-state index in [2.05, 4.69) is 10.8 Å². The van der Waals surface area contributed by atoms with Crippen molar-refractivity contribution in [1.29, 1.82) is 0 Å². The van der Waals surface area contributed by atoms with Crippen LogP contribution in [0.1, 0.15) is 43.2 Å². The maximum absolute atomic E-state index is 11.4. The number of nitrogens with zero attached hydrogens (tertiary/aromatic N) is 1. The fraction of sp³-hybridized carbons (Fsp3) is 0.562. The van der Waals surface area contributed by atoms with Gasteiger partial charge in [-0.15, -0.1) is 0 Å². The SMILES string of the molecule is O=C1CN(c2cc3c(cc2O)CCC2(CCCC2)C3)SN1. The summed E-state index contributed by atoms with van der Waals surface area (Å²) in [6.45, 7) is 0.308. The van der Waals surface area contributed by atoms with Crippen molar-refractivity contribution in [3.8, 4) is 5.75 Å². The third kappa shape index (κ3) is 2.27. The molecule has 0 unspecified atom stereocenters. The van der Waals surface area contributed by atoms with E-state index in [9.17, 15) is 9.90 Å². The van der Waals surface area contributed by atoms with Crippen molar-refractivity contribution in [3.63, 3.8) is 0 Å². The third-order valence-electron chi connectivity index (χ3n) is 5.28. The number of hydrogen-bond acceptors (Lipinski definition) is 4. The van der Waals surface area contributed by atoms with Gasteiger partial charge in [-0.05, 0) is 60.8 Å². The van der Waals surface area contributed by atoms with Crippen LogP contribution in [0.4, 0.5) is 5.69 Å². The number of benzene rings is 1. The lowest BCUT2D eigenvalue weighted by molar-refractivity contribution is -0.117. The normalized spacial score (nSPS) is 23.4. The van der Waals surface area contributed by atoms with Gasteiger partial charge in [0.25, 0.3) is 5.91 Å². The number of hydrogen-bond donors (Lipinski definition) is 2. The lowest BCUT2D eigenvalue weighted by Crippen LogP contribution is -2.26. The first-order chi connectivity index (χ1) is 10.2. The monoisotopic (exact) mass is 304 g/mol. The van der Waals surface area contributed by atoms with Crippen LogP contribution in [-0.2, 0) is 17.6 Å². The minimum atomic E-state index is -0.00983. The van der Waals surface area contributed by atoms with Gasteiger partial charge >= 0.3 is 0 Å². The number of phenolic OH excluding ortho intramolecular Hbond substituents is 1. The predicted octanol–water partition coefficient (Wildman–Crippen LogP) is 2.94. The zero-order valence-corrected chi connectivity index (χ0v) is 12.8. The Kier molecular flexibility index (Phi) is 3.06. The summed E-state index contributed by atoms with van der Waals surface area (Å²) in [6.07, 6.45) is 8.89. The summed E-state index contributed by atoms with van der Waals surface area (Å²) in [4.78, 5) is 11.4. The average Bonchev–Trinajstić information content (AvgIpc) is 3.09. The molecule has 0 atom stereocenters. The Hall–Kier alpha value is -1.36. The summed E-state index contributed by atoms with van der Waals surface area (Å²) in [5, 5.41) is 10.3. The molecule has 0 aromatic heterocycles. The number of phenols is 1. The highest BCUT2D eigenvalue weighted by Gasteiger charge is 2.37. The number of carbonyl (C=O) groups excluding carboxylic acids is 1. The van der Waals surface area contributed by atoms with Crippen LogP contribution < -0.4 is 9.03 Å². The number of aromatic hydroxyl groups is 1. The van der Waals surface area contributed by atoms with E-state index < -0.39 is 0 Å². The van der Waals surface area contributed by atoms with Crippen molar-refractivity contribution in [2.45, 2.75) is 44.9 Å². The molecule has 4 nitrogen and oxygen atoms in total. The standard InChI is InChI=1S/C16H20N2O2S/c19-14-8-11-3-6-16(4-1-2-5-16)9-12(11)7-13(14)18-10-15(20)17-21-18/h7-8,19H,1-6,9-10H2,(H,17,20). The highest BCUT2D eigenvalue weighted by molar-refractivity contribution is 7.99. The average molecular weight is 304 g/mol. The van der Waals surface area contributed by atoms with Crippen molar-refractivity contribution >= 4 is 23.7 Å². The Morgan fingerprint density at radius 1 is 1.19 bits per heavy atom. The van der Waals surface area contributed by atoms with Gasteiger partial charge in [-0.2, -0.15) is 0 Å². The van der Waals surface area contributed by atoms with Gasteiger partial charge in [0.2, 0.25) is 0 Å². The van der Waals surface area contributed by atoms with E-state index in [0.717, 1.165) is 18.5 Å². The van der Waals surface area contributed by atoms with Crippen LogP contribution in [0.2, 0.25) is 0 Å². The molecule has 2 fully saturated rings. The topological polar surface area (TPSA) is 52.6 Å². The molecule has 5 heteroatoms. The van der Waals surface area contributed by atoms with Crippen LogP contribution in [0.15, 0.2) is 12.1 Å². The van der Waals surface area contributed by atoms with Crippen molar-refractivity contribution in [1.82, 2.24) is 4.72 Å². The van der Waals surface area contributed by atoms with E-state index in [1.807, 2.05) is 10.4 Å². The minimum absolute atomic E-state index is 0.00983. The first-order valence-corrected chi connectivity index (χ1v) is 8.51. The second-order valence-electron chi connectivity index (χ2n) is 6.65. The molecule has 1 aromatic rings.